The number of aromatic amines is 1. The molecule has 1 aliphatic carbocycles. The zero-order chi connectivity index (χ0) is 30.5. The van der Waals surface area contributed by atoms with Gasteiger partial charge in [-0.25, -0.2) is 9.78 Å². The van der Waals surface area contributed by atoms with E-state index in [0.717, 1.165) is 63.3 Å². The molecule has 0 radical (unpaired) electrons. The van der Waals surface area contributed by atoms with E-state index in [1.807, 2.05) is 12.3 Å². The summed E-state index contributed by atoms with van der Waals surface area (Å²) in [5, 5.41) is 0. The summed E-state index contributed by atoms with van der Waals surface area (Å²) in [6.45, 7) is 9.87. The molecule has 8 nitrogen and oxygen atoms in total. The SMILES string of the molecule is C=Cc1cc(-c2ccc(-c3cnc(C4CCC(C)N4C(=O)CC4CCOCC4)[nH]3)c3c2CCC3)ccc1C.COC(N)=O. The first-order valence-electron chi connectivity index (χ1n) is 15.5. The fourth-order valence-corrected chi connectivity index (χ4v) is 6.87. The van der Waals surface area contributed by atoms with E-state index >= 15 is 0 Å². The largest absolute Gasteiger partial charge is 0.453 e. The maximum Gasteiger partial charge on any atom is 0.404 e. The number of benzene rings is 2. The topological polar surface area (TPSA) is 111 Å². The lowest BCUT2D eigenvalue weighted by Crippen LogP contribution is -2.37. The van der Waals surface area contributed by atoms with E-state index in [-0.39, 0.29) is 18.0 Å². The van der Waals surface area contributed by atoms with Gasteiger partial charge in [-0.15, -0.1) is 0 Å². The zero-order valence-electron chi connectivity index (χ0n) is 25.7. The number of carbonyl (C=O) groups excluding carboxylic acids is 2. The molecule has 0 saturated carbocycles. The van der Waals surface area contributed by atoms with Crippen LogP contribution in [0.3, 0.4) is 0 Å². The molecule has 6 rings (SSSR count). The number of fused-ring (bicyclic) bond motifs is 1. The highest BCUT2D eigenvalue weighted by Crippen LogP contribution is 2.41. The van der Waals surface area contributed by atoms with Crippen molar-refractivity contribution in [3.63, 3.8) is 0 Å². The maximum atomic E-state index is 13.4. The first kappa shape index (κ1) is 30.5. The Morgan fingerprint density at radius 1 is 1.12 bits per heavy atom. The molecule has 3 aromatic rings. The molecule has 228 valence electrons. The predicted octanol–water partition coefficient (Wildman–Crippen LogP) is 6.76. The van der Waals surface area contributed by atoms with Crippen LogP contribution in [0.1, 0.15) is 79.6 Å². The Balaban J connectivity index is 0.000000682. The van der Waals surface area contributed by atoms with Gasteiger partial charge in [0.2, 0.25) is 5.91 Å². The highest BCUT2D eigenvalue weighted by atomic mass is 16.5. The monoisotopic (exact) mass is 584 g/mol. The Bertz CT molecular complexity index is 1470. The molecular weight excluding hydrogens is 540 g/mol. The van der Waals surface area contributed by atoms with Crippen molar-refractivity contribution in [2.45, 2.75) is 77.3 Å². The molecule has 0 spiro atoms. The molecule has 3 heterocycles. The van der Waals surface area contributed by atoms with Crippen LogP contribution in [0.4, 0.5) is 4.79 Å². The number of nitrogens with one attached hydrogen (secondary N) is 1. The number of amides is 2. The van der Waals surface area contributed by atoms with Gasteiger partial charge < -0.3 is 25.1 Å². The standard InChI is InChI=1S/C33H39N3O2.C2H5NO2/c1-4-24-19-25(10-8-21(24)2)26-11-12-29(28-7-5-6-27(26)28)30-20-34-33(35-30)31-13-9-22(3)36(31)32(37)18-23-14-16-38-17-15-23;1-5-2(3)4/h4,8,10-12,19-20,22-23,31H,1,5-7,9,13-18H2,2-3H3,(H,34,35);1H3,(H2,3,4). The molecule has 2 unspecified atom stereocenters. The third kappa shape index (κ3) is 6.69. The Morgan fingerprint density at radius 2 is 1.81 bits per heavy atom. The third-order valence-electron chi connectivity index (χ3n) is 9.26. The van der Waals surface area contributed by atoms with Crippen LogP contribution in [0.2, 0.25) is 0 Å². The van der Waals surface area contributed by atoms with E-state index in [1.54, 1.807) is 0 Å². The fraction of sp³-hybridized carbons (Fsp3) is 0.457. The summed E-state index contributed by atoms with van der Waals surface area (Å²) in [6.07, 6.45) is 11.1. The minimum atomic E-state index is -0.745. The predicted molar refractivity (Wildman–Crippen MR) is 169 cm³/mol. The van der Waals surface area contributed by atoms with E-state index < -0.39 is 6.09 Å². The Kier molecular flexibility index (Phi) is 9.65. The summed E-state index contributed by atoms with van der Waals surface area (Å²) < 4.78 is 9.39. The number of likely N-dealkylation sites (tertiary alicyclic amines) is 1. The van der Waals surface area contributed by atoms with Gasteiger partial charge in [-0.3, -0.25) is 4.79 Å². The number of carbonyl (C=O) groups is 2. The second-order valence-corrected chi connectivity index (χ2v) is 12.0. The summed E-state index contributed by atoms with van der Waals surface area (Å²) in [6, 6.07) is 11.5. The van der Waals surface area contributed by atoms with Crippen LogP contribution in [0, 0.1) is 12.8 Å². The van der Waals surface area contributed by atoms with E-state index in [0.29, 0.717) is 12.3 Å². The number of nitrogens with two attached hydrogens (primary N) is 1. The van der Waals surface area contributed by atoms with Gasteiger partial charge in [-0.2, -0.15) is 0 Å². The van der Waals surface area contributed by atoms with Crippen LogP contribution in [0.5, 0.6) is 0 Å². The molecule has 43 heavy (non-hydrogen) atoms. The fourth-order valence-electron chi connectivity index (χ4n) is 6.87. The van der Waals surface area contributed by atoms with E-state index in [4.69, 9.17) is 9.72 Å². The van der Waals surface area contributed by atoms with Crippen LogP contribution < -0.4 is 5.73 Å². The molecule has 1 aromatic heterocycles. The quantitative estimate of drug-likeness (QED) is 0.332. The lowest BCUT2D eigenvalue weighted by atomic mass is 9.91. The number of primary amides is 1. The van der Waals surface area contributed by atoms with Crippen LogP contribution in [-0.2, 0) is 27.1 Å². The highest BCUT2D eigenvalue weighted by Gasteiger charge is 2.37. The van der Waals surface area contributed by atoms with E-state index in [9.17, 15) is 9.59 Å². The van der Waals surface area contributed by atoms with Crippen molar-refractivity contribution in [1.29, 1.82) is 0 Å². The van der Waals surface area contributed by atoms with Crippen molar-refractivity contribution in [2.75, 3.05) is 20.3 Å². The number of rotatable bonds is 6. The number of imidazole rings is 1. The molecule has 8 heteroatoms. The van der Waals surface area contributed by atoms with Gasteiger partial charge in [0.1, 0.15) is 5.82 Å². The molecule has 2 saturated heterocycles. The number of hydrogen-bond acceptors (Lipinski definition) is 5. The summed E-state index contributed by atoms with van der Waals surface area (Å²) in [5.41, 5.74) is 14.7. The number of nitrogens with zero attached hydrogens (tertiary/aromatic N) is 2. The Hall–Kier alpha value is -3.91. The van der Waals surface area contributed by atoms with Crippen molar-refractivity contribution in [3.05, 3.63) is 71.2 Å². The van der Waals surface area contributed by atoms with Crippen LogP contribution >= 0.6 is 0 Å². The number of hydrogen-bond donors (Lipinski definition) is 2. The molecule has 3 N–H and O–H groups in total. The van der Waals surface area contributed by atoms with Crippen molar-refractivity contribution in [3.8, 4) is 22.4 Å². The van der Waals surface area contributed by atoms with Gasteiger partial charge in [0.05, 0.1) is 25.0 Å². The lowest BCUT2D eigenvalue weighted by Gasteiger charge is -2.30. The minimum Gasteiger partial charge on any atom is -0.453 e. The van der Waals surface area contributed by atoms with Crippen LogP contribution in [0.15, 0.2) is 43.1 Å². The molecular formula is C35H44N4O4. The van der Waals surface area contributed by atoms with Gasteiger partial charge >= 0.3 is 6.09 Å². The normalized spacial score (nSPS) is 19.8. The van der Waals surface area contributed by atoms with Crippen molar-refractivity contribution in [2.24, 2.45) is 11.7 Å². The number of aromatic nitrogens is 2. The summed E-state index contributed by atoms with van der Waals surface area (Å²) in [5.74, 6) is 1.63. The van der Waals surface area contributed by atoms with Crippen molar-refractivity contribution in [1.82, 2.24) is 14.9 Å². The molecule has 2 amide bonds. The first-order chi connectivity index (χ1) is 20.8. The molecule has 2 atom stereocenters. The van der Waals surface area contributed by atoms with Crippen LogP contribution in [-0.4, -0.2) is 53.2 Å². The smallest absolute Gasteiger partial charge is 0.404 e. The van der Waals surface area contributed by atoms with E-state index in [2.05, 4.69) is 71.1 Å². The molecule has 0 bridgehead atoms. The molecule has 2 aromatic carbocycles. The van der Waals surface area contributed by atoms with Crippen LogP contribution in [0.25, 0.3) is 28.5 Å². The van der Waals surface area contributed by atoms with E-state index in [1.165, 1.54) is 52.5 Å². The number of aryl methyl sites for hydroxylation is 1. The zero-order valence-corrected chi connectivity index (χ0v) is 25.7. The Morgan fingerprint density at radius 3 is 2.51 bits per heavy atom. The summed E-state index contributed by atoms with van der Waals surface area (Å²) in [7, 11) is 1.22. The van der Waals surface area contributed by atoms with Gasteiger partial charge in [0.25, 0.3) is 0 Å². The van der Waals surface area contributed by atoms with Gasteiger partial charge in [0, 0.05) is 31.2 Å². The highest BCUT2D eigenvalue weighted by molar-refractivity contribution is 5.79. The number of methoxy groups -OCH3 is 1. The third-order valence-corrected chi connectivity index (χ3v) is 9.26. The molecule has 2 fully saturated rings. The van der Waals surface area contributed by atoms with Crippen molar-refractivity contribution >= 4 is 18.1 Å². The average Bonchev–Trinajstić information content (AvgIpc) is 3.78. The summed E-state index contributed by atoms with van der Waals surface area (Å²) >= 11 is 0. The second-order valence-electron chi connectivity index (χ2n) is 12.0. The van der Waals surface area contributed by atoms with Gasteiger partial charge in [0.15, 0.2) is 0 Å². The number of H-pyrrole nitrogens is 1. The second kappa shape index (κ2) is 13.6. The molecule has 2 aliphatic heterocycles. The number of ether oxygens (including phenoxy) is 2. The minimum absolute atomic E-state index is 0.0308. The Labute approximate surface area is 254 Å². The average molecular weight is 585 g/mol. The lowest BCUT2D eigenvalue weighted by molar-refractivity contribution is -0.135. The maximum absolute atomic E-state index is 13.4. The van der Waals surface area contributed by atoms with Gasteiger partial charge in [-0.1, -0.05) is 36.9 Å². The summed E-state index contributed by atoms with van der Waals surface area (Å²) in [4.78, 5) is 33.4. The molecule has 3 aliphatic rings. The van der Waals surface area contributed by atoms with Crippen molar-refractivity contribution < 1.29 is 19.1 Å². The van der Waals surface area contributed by atoms with Gasteiger partial charge in [-0.05, 0) is 104 Å². The first-order valence-corrected chi connectivity index (χ1v) is 15.5.